The van der Waals surface area contributed by atoms with Crippen molar-refractivity contribution in [3.8, 4) is 0 Å². The van der Waals surface area contributed by atoms with Crippen LogP contribution in [0.2, 0.25) is 0 Å². The van der Waals surface area contributed by atoms with Gasteiger partial charge in [-0.25, -0.2) is 0 Å². The Morgan fingerprint density at radius 3 is 2.92 bits per heavy atom. The van der Waals surface area contributed by atoms with Gasteiger partial charge in [-0.15, -0.1) is 0 Å². The molecule has 0 N–H and O–H groups in total. The smallest absolute Gasteiger partial charge is 0.268 e. The predicted octanol–water partition coefficient (Wildman–Crippen LogP) is 2.36. The molecule has 4 heteroatoms. The van der Waals surface area contributed by atoms with Gasteiger partial charge in [-0.3, -0.25) is 8.75 Å². The zero-order valence-corrected chi connectivity index (χ0v) is 8.78. The van der Waals surface area contributed by atoms with Crippen LogP contribution in [0.1, 0.15) is 0 Å². The van der Waals surface area contributed by atoms with Crippen molar-refractivity contribution in [3.05, 3.63) is 33.0 Å². The maximum atomic E-state index is 11.4. The first-order chi connectivity index (χ1) is 5.70. The standard InChI is InChI=1S/C8H6BrNOS/c1-10-8(11)5-3-2-4-6(9)7(5)12-10/h2-4H,1H3. The fourth-order valence-electron chi connectivity index (χ4n) is 1.12. The number of aryl methyl sites for hydroxylation is 1. The van der Waals surface area contributed by atoms with Gasteiger partial charge >= 0.3 is 0 Å². The third-order valence-corrected chi connectivity index (χ3v) is 3.70. The monoisotopic (exact) mass is 243 g/mol. The molecule has 62 valence electrons. The molecule has 1 aromatic carbocycles. The lowest BCUT2D eigenvalue weighted by Crippen LogP contribution is -2.07. The van der Waals surface area contributed by atoms with Crippen molar-refractivity contribution in [1.29, 1.82) is 0 Å². The van der Waals surface area contributed by atoms with Gasteiger partial charge in [0.1, 0.15) is 0 Å². The number of rotatable bonds is 0. The number of benzene rings is 1. The average molecular weight is 244 g/mol. The average Bonchev–Trinajstić information content (AvgIpc) is 2.32. The Morgan fingerprint density at radius 2 is 2.25 bits per heavy atom. The molecule has 2 aromatic rings. The summed E-state index contributed by atoms with van der Waals surface area (Å²) in [5.41, 5.74) is 0.0799. The van der Waals surface area contributed by atoms with Crippen LogP contribution in [0.3, 0.4) is 0 Å². The van der Waals surface area contributed by atoms with Gasteiger partial charge < -0.3 is 0 Å². The molecule has 0 aliphatic heterocycles. The first-order valence-electron chi connectivity index (χ1n) is 3.44. The van der Waals surface area contributed by atoms with Crippen molar-refractivity contribution >= 4 is 37.5 Å². The molecule has 0 bridgehead atoms. The lowest BCUT2D eigenvalue weighted by atomic mass is 10.3. The lowest BCUT2D eigenvalue weighted by molar-refractivity contribution is 0.989. The van der Waals surface area contributed by atoms with E-state index in [0.29, 0.717) is 0 Å². The molecule has 0 unspecified atom stereocenters. The van der Waals surface area contributed by atoms with Crippen molar-refractivity contribution in [3.63, 3.8) is 0 Å². The number of nitrogens with zero attached hydrogens (tertiary/aromatic N) is 1. The van der Waals surface area contributed by atoms with Crippen LogP contribution in [-0.2, 0) is 7.05 Å². The minimum Gasteiger partial charge on any atom is -0.268 e. The first kappa shape index (κ1) is 8.01. The van der Waals surface area contributed by atoms with Crippen LogP contribution in [0.15, 0.2) is 27.5 Å². The Morgan fingerprint density at radius 1 is 1.50 bits per heavy atom. The van der Waals surface area contributed by atoms with Crippen LogP contribution in [-0.4, -0.2) is 3.96 Å². The van der Waals surface area contributed by atoms with E-state index in [1.165, 1.54) is 11.5 Å². The molecular weight excluding hydrogens is 238 g/mol. The summed E-state index contributed by atoms with van der Waals surface area (Å²) in [5.74, 6) is 0. The van der Waals surface area contributed by atoms with E-state index in [9.17, 15) is 4.79 Å². The Labute approximate surface area is 81.7 Å². The molecule has 0 radical (unpaired) electrons. The molecule has 0 atom stereocenters. The molecule has 0 fully saturated rings. The molecule has 1 aromatic heterocycles. The largest absolute Gasteiger partial charge is 0.268 e. The number of fused-ring (bicyclic) bond motifs is 1. The molecule has 0 spiro atoms. The van der Waals surface area contributed by atoms with Crippen molar-refractivity contribution in [2.24, 2.45) is 7.05 Å². The number of hydrogen-bond acceptors (Lipinski definition) is 2. The molecular formula is C8H6BrNOS. The molecule has 0 aliphatic rings. The molecule has 2 rings (SSSR count). The molecule has 0 saturated heterocycles. The highest BCUT2D eigenvalue weighted by Crippen LogP contribution is 2.25. The van der Waals surface area contributed by atoms with Gasteiger partial charge in [0.2, 0.25) is 0 Å². The van der Waals surface area contributed by atoms with Gasteiger partial charge in [-0.05, 0) is 28.1 Å². The topological polar surface area (TPSA) is 22.0 Å². The van der Waals surface area contributed by atoms with Crippen molar-refractivity contribution in [2.75, 3.05) is 0 Å². The number of halogens is 1. The van der Waals surface area contributed by atoms with Gasteiger partial charge in [0, 0.05) is 11.5 Å². The van der Waals surface area contributed by atoms with Crippen LogP contribution in [0, 0.1) is 0 Å². The summed E-state index contributed by atoms with van der Waals surface area (Å²) in [6.45, 7) is 0. The fraction of sp³-hybridized carbons (Fsp3) is 0.125. The highest BCUT2D eigenvalue weighted by Gasteiger charge is 2.05. The van der Waals surface area contributed by atoms with Gasteiger partial charge in [0.25, 0.3) is 5.56 Å². The van der Waals surface area contributed by atoms with Gasteiger partial charge in [0.15, 0.2) is 0 Å². The lowest BCUT2D eigenvalue weighted by Gasteiger charge is -1.87. The van der Waals surface area contributed by atoms with E-state index in [-0.39, 0.29) is 5.56 Å². The van der Waals surface area contributed by atoms with Crippen LogP contribution >= 0.6 is 27.5 Å². The minimum absolute atomic E-state index is 0.0799. The molecule has 2 nitrogen and oxygen atoms in total. The third-order valence-electron chi connectivity index (χ3n) is 1.71. The highest BCUT2D eigenvalue weighted by atomic mass is 79.9. The van der Waals surface area contributed by atoms with E-state index < -0.39 is 0 Å². The summed E-state index contributed by atoms with van der Waals surface area (Å²) in [7, 11) is 1.78. The quantitative estimate of drug-likeness (QED) is 0.697. The van der Waals surface area contributed by atoms with Crippen LogP contribution in [0.5, 0.6) is 0 Å². The second kappa shape index (κ2) is 2.71. The zero-order valence-electron chi connectivity index (χ0n) is 6.37. The van der Waals surface area contributed by atoms with E-state index in [0.717, 1.165) is 14.6 Å². The van der Waals surface area contributed by atoms with Gasteiger partial charge in [-0.2, -0.15) is 0 Å². The maximum absolute atomic E-state index is 11.4. The molecule has 0 amide bonds. The van der Waals surface area contributed by atoms with E-state index >= 15 is 0 Å². The van der Waals surface area contributed by atoms with Gasteiger partial charge in [0.05, 0.1) is 10.1 Å². The number of aromatic nitrogens is 1. The summed E-state index contributed by atoms with van der Waals surface area (Å²) < 4.78 is 3.64. The minimum atomic E-state index is 0.0799. The zero-order chi connectivity index (χ0) is 8.72. The molecule has 1 heterocycles. The van der Waals surface area contributed by atoms with E-state index in [4.69, 9.17) is 0 Å². The molecule has 0 saturated carbocycles. The van der Waals surface area contributed by atoms with Crippen LogP contribution < -0.4 is 5.56 Å². The second-order valence-corrected chi connectivity index (χ2v) is 4.50. The van der Waals surface area contributed by atoms with Crippen molar-refractivity contribution < 1.29 is 0 Å². The number of hydrogen-bond donors (Lipinski definition) is 0. The second-order valence-electron chi connectivity index (χ2n) is 2.51. The first-order valence-corrected chi connectivity index (χ1v) is 5.01. The Hall–Kier alpha value is -0.610. The summed E-state index contributed by atoms with van der Waals surface area (Å²) >= 11 is 4.87. The Kier molecular flexibility index (Phi) is 1.81. The van der Waals surface area contributed by atoms with Crippen LogP contribution in [0.25, 0.3) is 10.1 Å². The summed E-state index contributed by atoms with van der Waals surface area (Å²) in [4.78, 5) is 11.4. The summed E-state index contributed by atoms with van der Waals surface area (Å²) in [5, 5.41) is 0.789. The Bertz CT molecular complexity index is 485. The Balaban J connectivity index is 3.05. The van der Waals surface area contributed by atoms with Gasteiger partial charge in [-0.1, -0.05) is 17.6 Å². The third kappa shape index (κ3) is 1.03. The maximum Gasteiger partial charge on any atom is 0.268 e. The van der Waals surface area contributed by atoms with Crippen molar-refractivity contribution in [2.45, 2.75) is 0 Å². The highest BCUT2D eigenvalue weighted by molar-refractivity contribution is 9.10. The predicted molar refractivity (Wildman–Crippen MR) is 54.8 cm³/mol. The van der Waals surface area contributed by atoms with E-state index in [1.54, 1.807) is 11.0 Å². The SMILES string of the molecule is Cn1sc2c(Br)cccc2c1=O. The molecule has 12 heavy (non-hydrogen) atoms. The van der Waals surface area contributed by atoms with Crippen LogP contribution in [0.4, 0.5) is 0 Å². The van der Waals surface area contributed by atoms with E-state index in [2.05, 4.69) is 15.9 Å². The summed E-state index contributed by atoms with van der Waals surface area (Å²) in [6.07, 6.45) is 0. The van der Waals surface area contributed by atoms with Crippen molar-refractivity contribution in [1.82, 2.24) is 3.96 Å². The summed E-state index contributed by atoms with van der Waals surface area (Å²) in [6, 6.07) is 5.66. The fourth-order valence-corrected chi connectivity index (χ4v) is 2.57. The van der Waals surface area contributed by atoms with E-state index in [1.807, 2.05) is 18.2 Å². The normalized spacial score (nSPS) is 10.8. The molecule has 0 aliphatic carbocycles.